The molecule has 2 N–H and O–H groups in total. The zero-order valence-corrected chi connectivity index (χ0v) is 14.5. The lowest BCUT2D eigenvalue weighted by atomic mass is 9.92. The molecule has 0 radical (unpaired) electrons. The van der Waals surface area contributed by atoms with Crippen LogP contribution in [-0.2, 0) is 6.42 Å². The normalized spacial score (nSPS) is 15.5. The van der Waals surface area contributed by atoms with Crippen LogP contribution in [0.2, 0.25) is 0 Å². The molecule has 1 fully saturated rings. The third-order valence-electron chi connectivity index (χ3n) is 4.73. The molecule has 1 heterocycles. The van der Waals surface area contributed by atoms with E-state index in [0.29, 0.717) is 5.19 Å². The molecular weight excluding hydrogens is 316 g/mol. The fraction of sp³-hybridized carbons (Fsp3) is 0.350. The van der Waals surface area contributed by atoms with Crippen LogP contribution in [0.4, 0.5) is 0 Å². The Morgan fingerprint density at radius 3 is 2.62 bits per heavy atom. The summed E-state index contributed by atoms with van der Waals surface area (Å²) < 4.78 is 7.07. The van der Waals surface area contributed by atoms with Crippen LogP contribution in [0.3, 0.4) is 0 Å². The van der Waals surface area contributed by atoms with Crippen molar-refractivity contribution in [2.45, 2.75) is 25.7 Å². The molecule has 0 bridgehead atoms. The molecule has 0 aliphatic heterocycles. The predicted octanol–water partition coefficient (Wildman–Crippen LogP) is 5.01. The van der Waals surface area contributed by atoms with E-state index in [4.69, 9.17) is 10.5 Å². The Morgan fingerprint density at radius 1 is 1.12 bits per heavy atom. The van der Waals surface area contributed by atoms with Crippen molar-refractivity contribution >= 4 is 21.6 Å². The van der Waals surface area contributed by atoms with E-state index in [9.17, 15) is 0 Å². The fourth-order valence-electron chi connectivity index (χ4n) is 3.28. The van der Waals surface area contributed by atoms with E-state index in [0.717, 1.165) is 47.2 Å². The third-order valence-corrected chi connectivity index (χ3v) is 5.64. The number of para-hydroxylation sites is 1. The summed E-state index contributed by atoms with van der Waals surface area (Å²) in [5.74, 6) is 2.48. The number of aromatic nitrogens is 1. The van der Waals surface area contributed by atoms with Gasteiger partial charge in [-0.05, 0) is 73.9 Å². The maximum Gasteiger partial charge on any atom is 0.279 e. The first kappa shape index (κ1) is 15.6. The molecule has 124 valence electrons. The van der Waals surface area contributed by atoms with Crippen molar-refractivity contribution in [1.82, 2.24) is 4.98 Å². The molecule has 2 aromatic carbocycles. The molecule has 0 spiro atoms. The van der Waals surface area contributed by atoms with Crippen molar-refractivity contribution in [3.05, 3.63) is 54.1 Å². The lowest BCUT2D eigenvalue weighted by molar-refractivity contribution is 0.431. The summed E-state index contributed by atoms with van der Waals surface area (Å²) >= 11 is 1.58. The highest BCUT2D eigenvalue weighted by molar-refractivity contribution is 7.20. The van der Waals surface area contributed by atoms with Gasteiger partial charge in [0.15, 0.2) is 0 Å². The van der Waals surface area contributed by atoms with Gasteiger partial charge in [-0.1, -0.05) is 35.6 Å². The molecule has 1 aliphatic rings. The number of hydrogen-bond donors (Lipinski definition) is 1. The molecular formula is C20H22N2OS. The number of benzene rings is 2. The molecule has 4 rings (SSSR count). The minimum Gasteiger partial charge on any atom is -0.431 e. The number of fused-ring (bicyclic) bond motifs is 1. The summed E-state index contributed by atoms with van der Waals surface area (Å²) in [5, 5.41) is 0.697. The highest BCUT2D eigenvalue weighted by Gasteiger charge is 2.30. The Kier molecular flexibility index (Phi) is 4.50. The van der Waals surface area contributed by atoms with Gasteiger partial charge in [-0.15, -0.1) is 0 Å². The van der Waals surface area contributed by atoms with Crippen LogP contribution in [0, 0.1) is 11.8 Å². The van der Waals surface area contributed by atoms with Gasteiger partial charge in [0.25, 0.3) is 5.19 Å². The van der Waals surface area contributed by atoms with E-state index >= 15 is 0 Å². The van der Waals surface area contributed by atoms with Crippen LogP contribution in [0.25, 0.3) is 10.2 Å². The van der Waals surface area contributed by atoms with Gasteiger partial charge in [0.2, 0.25) is 0 Å². The minimum absolute atomic E-state index is 0.697. The smallest absolute Gasteiger partial charge is 0.279 e. The van der Waals surface area contributed by atoms with Crippen LogP contribution in [0.15, 0.2) is 48.5 Å². The first-order valence-corrected chi connectivity index (χ1v) is 9.46. The van der Waals surface area contributed by atoms with Crippen molar-refractivity contribution < 1.29 is 4.74 Å². The standard InChI is InChI=1S/C20H22N2OS/c21-12-11-16(15-7-8-15)13-14-5-9-17(10-6-14)23-20-22-18-3-1-2-4-19(18)24-20/h1-6,9-10,15-16H,7-8,11-13,21H2. The van der Waals surface area contributed by atoms with E-state index in [1.807, 2.05) is 30.3 Å². The molecule has 1 saturated carbocycles. The molecule has 0 saturated heterocycles. The zero-order chi connectivity index (χ0) is 16.4. The van der Waals surface area contributed by atoms with E-state index < -0.39 is 0 Å². The number of thiazole rings is 1. The maximum atomic E-state index is 5.92. The van der Waals surface area contributed by atoms with Crippen molar-refractivity contribution in [1.29, 1.82) is 0 Å². The van der Waals surface area contributed by atoms with Gasteiger partial charge < -0.3 is 10.5 Å². The van der Waals surface area contributed by atoms with Gasteiger partial charge in [0.1, 0.15) is 5.75 Å². The number of nitrogens with zero attached hydrogens (tertiary/aromatic N) is 1. The lowest BCUT2D eigenvalue weighted by Crippen LogP contribution is -2.13. The summed E-state index contributed by atoms with van der Waals surface area (Å²) in [6.45, 7) is 0.792. The number of hydrogen-bond acceptors (Lipinski definition) is 4. The van der Waals surface area contributed by atoms with Gasteiger partial charge in [-0.2, -0.15) is 0 Å². The summed E-state index contributed by atoms with van der Waals surface area (Å²) in [5.41, 5.74) is 8.13. The SMILES string of the molecule is NCCC(Cc1ccc(Oc2nc3ccccc3s2)cc1)C1CC1. The first-order chi connectivity index (χ1) is 11.8. The molecule has 24 heavy (non-hydrogen) atoms. The van der Waals surface area contributed by atoms with E-state index in [1.54, 1.807) is 11.3 Å². The van der Waals surface area contributed by atoms with Crippen molar-refractivity contribution in [2.75, 3.05) is 6.54 Å². The molecule has 3 nitrogen and oxygen atoms in total. The molecule has 1 aliphatic carbocycles. The highest BCUT2D eigenvalue weighted by atomic mass is 32.1. The van der Waals surface area contributed by atoms with Gasteiger partial charge in [0, 0.05) is 0 Å². The Labute approximate surface area is 146 Å². The number of nitrogens with two attached hydrogens (primary N) is 1. The van der Waals surface area contributed by atoms with E-state index in [2.05, 4.69) is 23.2 Å². The second-order valence-corrected chi connectivity index (χ2v) is 7.57. The number of rotatable bonds is 7. The Balaban J connectivity index is 1.43. The summed E-state index contributed by atoms with van der Waals surface area (Å²) in [6.07, 6.45) is 5.02. The molecule has 1 unspecified atom stereocenters. The largest absolute Gasteiger partial charge is 0.431 e. The average molecular weight is 338 g/mol. The lowest BCUT2D eigenvalue weighted by Gasteiger charge is -2.15. The Hall–Kier alpha value is -1.91. The van der Waals surface area contributed by atoms with Gasteiger partial charge in [-0.25, -0.2) is 4.98 Å². The Bertz CT molecular complexity index is 775. The second kappa shape index (κ2) is 6.91. The average Bonchev–Trinajstić information content (AvgIpc) is 3.36. The van der Waals surface area contributed by atoms with E-state index in [-0.39, 0.29) is 0 Å². The quantitative estimate of drug-likeness (QED) is 0.659. The molecule has 1 atom stereocenters. The summed E-state index contributed by atoms with van der Waals surface area (Å²) in [6, 6.07) is 16.6. The zero-order valence-electron chi connectivity index (χ0n) is 13.7. The van der Waals surface area contributed by atoms with Gasteiger partial charge >= 0.3 is 0 Å². The molecule has 0 amide bonds. The van der Waals surface area contributed by atoms with Crippen molar-refractivity contribution in [3.63, 3.8) is 0 Å². The fourth-order valence-corrected chi connectivity index (χ4v) is 4.11. The van der Waals surface area contributed by atoms with Gasteiger partial charge in [-0.3, -0.25) is 0 Å². The first-order valence-electron chi connectivity index (χ1n) is 8.64. The monoisotopic (exact) mass is 338 g/mol. The van der Waals surface area contributed by atoms with Crippen LogP contribution in [0.5, 0.6) is 10.9 Å². The van der Waals surface area contributed by atoms with Crippen LogP contribution < -0.4 is 10.5 Å². The van der Waals surface area contributed by atoms with Crippen molar-refractivity contribution in [2.24, 2.45) is 17.6 Å². The maximum absolute atomic E-state index is 5.92. The minimum atomic E-state index is 0.697. The van der Waals surface area contributed by atoms with Crippen LogP contribution >= 0.6 is 11.3 Å². The predicted molar refractivity (Wildman–Crippen MR) is 99.7 cm³/mol. The second-order valence-electron chi connectivity index (χ2n) is 6.57. The topological polar surface area (TPSA) is 48.1 Å². The number of ether oxygens (including phenoxy) is 1. The summed E-state index contributed by atoms with van der Waals surface area (Å²) in [4.78, 5) is 4.52. The summed E-state index contributed by atoms with van der Waals surface area (Å²) in [7, 11) is 0. The van der Waals surface area contributed by atoms with Crippen molar-refractivity contribution in [3.8, 4) is 10.9 Å². The highest BCUT2D eigenvalue weighted by Crippen LogP contribution is 2.40. The molecule has 4 heteroatoms. The van der Waals surface area contributed by atoms with Gasteiger partial charge in [0.05, 0.1) is 10.2 Å². The third kappa shape index (κ3) is 3.60. The van der Waals surface area contributed by atoms with E-state index in [1.165, 1.54) is 18.4 Å². The van der Waals surface area contributed by atoms with Crippen LogP contribution in [0.1, 0.15) is 24.8 Å². The van der Waals surface area contributed by atoms with Crippen LogP contribution in [-0.4, -0.2) is 11.5 Å². The molecule has 3 aromatic rings. The molecule has 1 aromatic heterocycles. The Morgan fingerprint density at radius 2 is 1.92 bits per heavy atom.